The van der Waals surface area contributed by atoms with Crippen molar-refractivity contribution in [2.45, 2.75) is 64.7 Å². The van der Waals surface area contributed by atoms with E-state index in [9.17, 15) is 4.79 Å². The molecule has 2 aliphatic rings. The molecule has 0 saturated heterocycles. The highest BCUT2D eigenvalue weighted by molar-refractivity contribution is 5.85. The van der Waals surface area contributed by atoms with Crippen LogP contribution in [-0.2, 0) is 24.1 Å². The Morgan fingerprint density at radius 3 is 2.46 bits per heavy atom. The van der Waals surface area contributed by atoms with Crippen molar-refractivity contribution in [2.75, 3.05) is 0 Å². The molecule has 0 aliphatic heterocycles. The van der Waals surface area contributed by atoms with Crippen LogP contribution in [0.15, 0.2) is 69.3 Å². The first-order valence-electron chi connectivity index (χ1n) is 12.9. The molecule has 186 valence electrons. The maximum atomic E-state index is 12.1. The van der Waals surface area contributed by atoms with E-state index >= 15 is 0 Å². The van der Waals surface area contributed by atoms with Gasteiger partial charge >= 0.3 is 0 Å². The summed E-state index contributed by atoms with van der Waals surface area (Å²) < 4.78 is 0. The fourth-order valence-electron chi connectivity index (χ4n) is 5.32. The summed E-state index contributed by atoms with van der Waals surface area (Å²) in [6, 6.07) is 8.93. The van der Waals surface area contributed by atoms with Crippen LogP contribution >= 0.6 is 0 Å². The van der Waals surface area contributed by atoms with E-state index in [1.54, 1.807) is 6.08 Å². The van der Waals surface area contributed by atoms with Crippen molar-refractivity contribution >= 4 is 23.5 Å². The lowest BCUT2D eigenvalue weighted by Gasteiger charge is -2.21. The molecule has 0 N–H and O–H groups in total. The van der Waals surface area contributed by atoms with Crippen molar-refractivity contribution in [3.63, 3.8) is 0 Å². The Kier molecular flexibility index (Phi) is 9.43. The molecule has 0 atom stereocenters. The summed E-state index contributed by atoms with van der Waals surface area (Å²) in [4.78, 5) is 12.1. The molecule has 2 aliphatic carbocycles. The second kappa shape index (κ2) is 12.5. The van der Waals surface area contributed by atoms with Gasteiger partial charge in [-0.05, 0) is 108 Å². The average Bonchev–Trinajstić information content (AvgIpc) is 3.32. The van der Waals surface area contributed by atoms with E-state index in [0.717, 1.165) is 30.8 Å². The zero-order chi connectivity index (χ0) is 25.4. The summed E-state index contributed by atoms with van der Waals surface area (Å²) in [5.41, 5.74) is 11.5. The highest BCUT2D eigenvalue weighted by atomic mass is 16.1. The molecule has 0 radical (unpaired) electrons. The van der Waals surface area contributed by atoms with E-state index in [2.05, 4.69) is 76.2 Å². The first kappa shape index (κ1) is 26.4. The van der Waals surface area contributed by atoms with Gasteiger partial charge in [0, 0.05) is 15.7 Å². The van der Waals surface area contributed by atoms with E-state index in [1.807, 2.05) is 6.08 Å². The quantitative estimate of drug-likeness (QED) is 0.317. The Balaban J connectivity index is 0.00000167. The number of ketones is 1. The van der Waals surface area contributed by atoms with Crippen LogP contribution in [0.2, 0.25) is 0 Å². The highest BCUT2D eigenvalue weighted by Gasteiger charge is 2.23. The van der Waals surface area contributed by atoms with Gasteiger partial charge in [-0.3, -0.25) is 4.79 Å². The number of benzene rings is 2. The van der Waals surface area contributed by atoms with Crippen LogP contribution in [0.4, 0.5) is 0 Å². The predicted molar refractivity (Wildman–Crippen MR) is 158 cm³/mol. The number of fused-ring (bicyclic) bond motifs is 1. The molecular formula is C34H44O. The smallest absolute Gasteiger partial charge is 0.136 e. The molecule has 0 unspecified atom stereocenters. The molecule has 1 heteroatoms. The van der Waals surface area contributed by atoms with Crippen molar-refractivity contribution in [2.24, 2.45) is 5.92 Å². The molecule has 0 aromatic heterocycles. The van der Waals surface area contributed by atoms with Gasteiger partial charge in [0.2, 0.25) is 0 Å². The van der Waals surface area contributed by atoms with Crippen LogP contribution in [0.25, 0.3) is 17.7 Å². The molecular weight excluding hydrogens is 424 g/mol. The molecule has 2 aromatic carbocycles. The first-order chi connectivity index (χ1) is 17.0. The molecule has 2 aromatic rings. The molecule has 35 heavy (non-hydrogen) atoms. The number of carbonyl (C=O) groups excluding carboxylic acids is 1. The van der Waals surface area contributed by atoms with Crippen molar-refractivity contribution in [1.82, 2.24) is 0 Å². The summed E-state index contributed by atoms with van der Waals surface area (Å²) in [6.45, 7) is 20.5. The lowest BCUT2D eigenvalue weighted by atomic mass is 9.84. The Hall–Kier alpha value is -3.19. The first-order valence-corrected chi connectivity index (χ1v) is 12.9. The second-order valence-corrected chi connectivity index (χ2v) is 9.65. The van der Waals surface area contributed by atoms with Gasteiger partial charge < -0.3 is 0 Å². The van der Waals surface area contributed by atoms with Gasteiger partial charge in [0.05, 0.1) is 0 Å². The zero-order valence-corrected chi connectivity index (χ0v) is 21.5. The summed E-state index contributed by atoms with van der Waals surface area (Å²) in [6.07, 6.45) is 17.5. The second-order valence-electron chi connectivity index (χ2n) is 9.65. The molecule has 1 fully saturated rings. The van der Waals surface area contributed by atoms with Crippen molar-refractivity contribution in [1.29, 1.82) is 0 Å². The minimum Gasteiger partial charge on any atom is -0.299 e. The Labute approximate surface area is 215 Å². The minimum atomic E-state index is 0. The molecule has 0 heterocycles. The predicted octanol–water partition coefficient (Wildman–Crippen LogP) is 9.37. The van der Waals surface area contributed by atoms with E-state index in [-0.39, 0.29) is 8.64 Å². The van der Waals surface area contributed by atoms with Gasteiger partial charge in [0.1, 0.15) is 5.78 Å². The number of hydrogen-bond acceptors (Lipinski definition) is 1. The number of rotatable bonds is 10. The van der Waals surface area contributed by atoms with Crippen LogP contribution in [0.3, 0.4) is 0 Å². The summed E-state index contributed by atoms with van der Waals surface area (Å²) in [7, 11) is 0. The monoisotopic (exact) mass is 468 g/mol. The van der Waals surface area contributed by atoms with Gasteiger partial charge in [-0.2, -0.15) is 0 Å². The molecule has 0 spiro atoms. The SMILES string of the molecule is C=C.C=CCC(=O)CCc1cc(C)c(C(=C)c2ccc(C=C)c(/C=C/C3CCC3)c2)c2c1CCC2.[HH].[HH]. The maximum Gasteiger partial charge on any atom is 0.136 e. The van der Waals surface area contributed by atoms with Gasteiger partial charge in [0.25, 0.3) is 0 Å². The number of carbonyl (C=O) groups is 1. The van der Waals surface area contributed by atoms with E-state index in [0.29, 0.717) is 12.8 Å². The Morgan fingerprint density at radius 1 is 1.06 bits per heavy atom. The number of hydrogen-bond donors (Lipinski definition) is 0. The molecule has 0 bridgehead atoms. The average molecular weight is 469 g/mol. The molecule has 1 nitrogen and oxygen atoms in total. The Morgan fingerprint density at radius 2 is 1.80 bits per heavy atom. The summed E-state index contributed by atoms with van der Waals surface area (Å²) in [5.74, 6) is 0.999. The lowest BCUT2D eigenvalue weighted by Crippen LogP contribution is -2.06. The topological polar surface area (TPSA) is 17.1 Å². The van der Waals surface area contributed by atoms with Gasteiger partial charge in [-0.25, -0.2) is 0 Å². The fourth-order valence-corrected chi connectivity index (χ4v) is 5.32. The molecule has 1 saturated carbocycles. The van der Waals surface area contributed by atoms with Crippen molar-refractivity contribution < 1.29 is 7.65 Å². The van der Waals surface area contributed by atoms with Crippen LogP contribution in [0, 0.1) is 12.8 Å². The normalized spacial score (nSPS) is 14.5. The Bertz CT molecular complexity index is 1150. The number of Topliss-reactive ketones (excluding diaryl/α,β-unsaturated/α-hetero) is 1. The highest BCUT2D eigenvalue weighted by Crippen LogP contribution is 2.38. The van der Waals surface area contributed by atoms with Crippen molar-refractivity contribution in [3.8, 4) is 0 Å². The van der Waals surface area contributed by atoms with Gasteiger partial charge in [0.15, 0.2) is 0 Å². The number of allylic oxidation sites excluding steroid dienone is 2. The molecule has 0 amide bonds. The van der Waals surface area contributed by atoms with E-state index in [1.165, 1.54) is 70.2 Å². The van der Waals surface area contributed by atoms with E-state index < -0.39 is 0 Å². The maximum absolute atomic E-state index is 12.1. The summed E-state index contributed by atoms with van der Waals surface area (Å²) in [5, 5.41) is 0. The van der Waals surface area contributed by atoms with E-state index in [4.69, 9.17) is 0 Å². The third-order valence-electron chi connectivity index (χ3n) is 7.39. The van der Waals surface area contributed by atoms with Crippen LogP contribution in [0.1, 0.15) is 85.9 Å². The summed E-state index contributed by atoms with van der Waals surface area (Å²) >= 11 is 0. The van der Waals surface area contributed by atoms with Gasteiger partial charge in [-0.15, -0.1) is 19.7 Å². The van der Waals surface area contributed by atoms with Crippen LogP contribution in [-0.4, -0.2) is 5.78 Å². The third kappa shape index (κ3) is 6.09. The van der Waals surface area contributed by atoms with Crippen molar-refractivity contribution in [3.05, 3.63) is 114 Å². The zero-order valence-electron chi connectivity index (χ0n) is 21.5. The van der Waals surface area contributed by atoms with Crippen LogP contribution in [0.5, 0.6) is 0 Å². The standard InChI is InChI=1S/C32H36O.C2H4.2H2/c1-5-9-29(33)19-18-28-20-22(3)32(31-13-8-12-30(28)31)23(4)26-17-16-25(6-2)27(21-26)15-14-24-10-7-11-24;1-2;;/h5-6,14-17,20-21,24H,1-2,4,7-13,18-19H2,3H3;1-2H2;2*1H/b15-14+;;;. The largest absolute Gasteiger partial charge is 0.299 e. The minimum absolute atomic E-state index is 0. The van der Waals surface area contributed by atoms with Crippen LogP contribution < -0.4 is 0 Å². The molecule has 4 rings (SSSR count). The van der Waals surface area contributed by atoms with Gasteiger partial charge in [-0.1, -0.05) is 62.1 Å². The fraction of sp³-hybridized carbons (Fsp3) is 0.324. The lowest BCUT2D eigenvalue weighted by molar-refractivity contribution is -0.118. The third-order valence-corrected chi connectivity index (χ3v) is 7.39. The number of aryl methyl sites for hydroxylation is 2.